The quantitative estimate of drug-likeness (QED) is 0.932. The Morgan fingerprint density at radius 3 is 3.07 bits per heavy atom. The summed E-state index contributed by atoms with van der Waals surface area (Å²) in [4.78, 5) is 4.18. The number of hydrogen-bond donors (Lipinski definition) is 1. The summed E-state index contributed by atoms with van der Waals surface area (Å²) in [6.07, 6.45) is 3.59. The highest BCUT2D eigenvalue weighted by atomic mass is 79.9. The summed E-state index contributed by atoms with van der Waals surface area (Å²) in [6.45, 7) is 0.738. The fraction of sp³-hybridized carbons (Fsp3) is 0.250. The van der Waals surface area contributed by atoms with Crippen molar-refractivity contribution in [3.63, 3.8) is 0 Å². The van der Waals surface area contributed by atoms with E-state index in [-0.39, 0.29) is 0 Å². The van der Waals surface area contributed by atoms with E-state index in [1.807, 2.05) is 12.4 Å². The molecule has 74 valence electrons. The van der Waals surface area contributed by atoms with Crippen LogP contribution in [0.5, 0.6) is 0 Å². The molecule has 0 saturated heterocycles. The van der Waals surface area contributed by atoms with E-state index in [1.54, 1.807) is 28.4 Å². The molecule has 0 radical (unpaired) electrons. The van der Waals surface area contributed by atoms with Gasteiger partial charge in [0.2, 0.25) is 0 Å². The van der Waals surface area contributed by atoms with Crippen LogP contribution in [0.25, 0.3) is 0 Å². The Morgan fingerprint density at radius 2 is 2.50 bits per heavy atom. The maximum absolute atomic E-state index is 4.18. The van der Waals surface area contributed by atoms with Gasteiger partial charge in [-0.2, -0.15) is 5.10 Å². The molecule has 4 nitrogen and oxygen atoms in total. The SMILES string of the molecule is Cn1ncc(NCc2nccs2)c1Br. The van der Waals surface area contributed by atoms with Crippen molar-refractivity contribution in [1.82, 2.24) is 14.8 Å². The molecule has 14 heavy (non-hydrogen) atoms. The van der Waals surface area contributed by atoms with Gasteiger partial charge in [-0.3, -0.25) is 4.68 Å². The van der Waals surface area contributed by atoms with E-state index in [9.17, 15) is 0 Å². The lowest BCUT2D eigenvalue weighted by Crippen LogP contribution is -1.98. The predicted octanol–water partition coefficient (Wildman–Crippen LogP) is 2.25. The lowest BCUT2D eigenvalue weighted by Gasteiger charge is -2.01. The molecular formula is C8H9BrN4S. The number of rotatable bonds is 3. The number of halogens is 1. The van der Waals surface area contributed by atoms with Gasteiger partial charge in [0.15, 0.2) is 0 Å². The molecule has 1 N–H and O–H groups in total. The van der Waals surface area contributed by atoms with Crippen molar-refractivity contribution in [2.75, 3.05) is 5.32 Å². The molecule has 0 atom stereocenters. The number of nitrogens with zero attached hydrogens (tertiary/aromatic N) is 3. The summed E-state index contributed by atoms with van der Waals surface area (Å²) in [6, 6.07) is 0. The summed E-state index contributed by atoms with van der Waals surface area (Å²) < 4.78 is 2.72. The van der Waals surface area contributed by atoms with Gasteiger partial charge >= 0.3 is 0 Å². The van der Waals surface area contributed by atoms with Crippen LogP contribution in [0.1, 0.15) is 5.01 Å². The molecule has 0 aromatic carbocycles. The number of aryl methyl sites for hydroxylation is 1. The summed E-state index contributed by atoms with van der Waals surface area (Å²) in [5.74, 6) is 0. The van der Waals surface area contributed by atoms with E-state index in [4.69, 9.17) is 0 Å². The molecular weight excluding hydrogens is 264 g/mol. The van der Waals surface area contributed by atoms with Crippen LogP contribution in [0.3, 0.4) is 0 Å². The first kappa shape index (κ1) is 9.67. The minimum Gasteiger partial charge on any atom is -0.375 e. The number of nitrogens with one attached hydrogen (secondary N) is 1. The Morgan fingerprint density at radius 1 is 1.64 bits per heavy atom. The van der Waals surface area contributed by atoms with Crippen LogP contribution >= 0.6 is 27.3 Å². The van der Waals surface area contributed by atoms with Gasteiger partial charge in [0, 0.05) is 18.6 Å². The molecule has 2 rings (SSSR count). The van der Waals surface area contributed by atoms with Crippen molar-refractivity contribution in [1.29, 1.82) is 0 Å². The van der Waals surface area contributed by atoms with Crippen molar-refractivity contribution < 1.29 is 0 Å². The van der Waals surface area contributed by atoms with Crippen LogP contribution in [0, 0.1) is 0 Å². The second-order valence-corrected chi connectivity index (χ2v) is 4.48. The lowest BCUT2D eigenvalue weighted by atomic mass is 10.5. The molecule has 0 aliphatic heterocycles. The van der Waals surface area contributed by atoms with Crippen LogP contribution < -0.4 is 5.32 Å². The van der Waals surface area contributed by atoms with Crippen molar-refractivity contribution in [2.24, 2.45) is 7.05 Å². The zero-order valence-electron chi connectivity index (χ0n) is 7.57. The van der Waals surface area contributed by atoms with Gasteiger partial charge in [-0.05, 0) is 15.9 Å². The van der Waals surface area contributed by atoms with Gasteiger partial charge in [-0.1, -0.05) is 0 Å². The topological polar surface area (TPSA) is 42.7 Å². The summed E-state index contributed by atoms with van der Waals surface area (Å²) in [5.41, 5.74) is 0.989. The standard InChI is InChI=1S/C8H9BrN4S/c1-13-8(9)6(4-12-13)11-5-7-10-2-3-14-7/h2-4,11H,5H2,1H3. The van der Waals surface area contributed by atoms with E-state index < -0.39 is 0 Å². The highest BCUT2D eigenvalue weighted by Crippen LogP contribution is 2.21. The fourth-order valence-electron chi connectivity index (χ4n) is 1.05. The third-order valence-electron chi connectivity index (χ3n) is 1.78. The lowest BCUT2D eigenvalue weighted by molar-refractivity contribution is 0.750. The predicted molar refractivity (Wildman–Crippen MR) is 60.3 cm³/mol. The second-order valence-electron chi connectivity index (χ2n) is 2.75. The van der Waals surface area contributed by atoms with Crippen LogP contribution in [-0.4, -0.2) is 14.8 Å². The largest absolute Gasteiger partial charge is 0.375 e. The molecule has 0 saturated carbocycles. The number of thiazole rings is 1. The smallest absolute Gasteiger partial charge is 0.126 e. The summed E-state index contributed by atoms with van der Waals surface area (Å²) in [5, 5.41) is 10.4. The van der Waals surface area contributed by atoms with Crippen molar-refractivity contribution in [2.45, 2.75) is 6.54 Å². The maximum atomic E-state index is 4.18. The zero-order chi connectivity index (χ0) is 9.97. The monoisotopic (exact) mass is 272 g/mol. The van der Waals surface area contributed by atoms with Crippen molar-refractivity contribution >= 4 is 33.0 Å². The zero-order valence-corrected chi connectivity index (χ0v) is 9.97. The normalized spacial score (nSPS) is 10.4. The molecule has 0 bridgehead atoms. The molecule has 2 heterocycles. The Bertz CT molecular complexity index is 409. The number of hydrogen-bond acceptors (Lipinski definition) is 4. The molecule has 0 aliphatic carbocycles. The maximum Gasteiger partial charge on any atom is 0.126 e. The van der Waals surface area contributed by atoms with E-state index in [2.05, 4.69) is 31.3 Å². The third-order valence-corrected chi connectivity index (χ3v) is 3.50. The first-order valence-electron chi connectivity index (χ1n) is 4.07. The Kier molecular flexibility index (Phi) is 2.83. The van der Waals surface area contributed by atoms with Gasteiger partial charge in [-0.15, -0.1) is 11.3 Å². The van der Waals surface area contributed by atoms with Gasteiger partial charge in [0.1, 0.15) is 9.61 Å². The molecule has 0 spiro atoms. The third kappa shape index (κ3) is 1.96. The Labute approximate surface area is 94.1 Å². The molecule has 2 aromatic rings. The number of anilines is 1. The molecule has 0 fully saturated rings. The summed E-state index contributed by atoms with van der Waals surface area (Å²) in [7, 11) is 1.89. The Balaban J connectivity index is 2.02. The molecule has 0 amide bonds. The van der Waals surface area contributed by atoms with Gasteiger partial charge in [-0.25, -0.2) is 4.98 Å². The highest BCUT2D eigenvalue weighted by molar-refractivity contribution is 9.10. The van der Waals surface area contributed by atoms with E-state index >= 15 is 0 Å². The van der Waals surface area contributed by atoms with Gasteiger partial charge in [0.05, 0.1) is 18.4 Å². The van der Waals surface area contributed by atoms with Crippen LogP contribution in [-0.2, 0) is 13.6 Å². The first-order valence-corrected chi connectivity index (χ1v) is 5.74. The fourth-order valence-corrected chi connectivity index (χ4v) is 1.94. The first-order chi connectivity index (χ1) is 6.77. The second kappa shape index (κ2) is 4.10. The molecule has 0 aliphatic rings. The average molecular weight is 273 g/mol. The van der Waals surface area contributed by atoms with Crippen LogP contribution in [0.4, 0.5) is 5.69 Å². The van der Waals surface area contributed by atoms with Crippen molar-refractivity contribution in [3.05, 3.63) is 27.4 Å². The minimum atomic E-state index is 0.738. The van der Waals surface area contributed by atoms with Crippen LogP contribution in [0.2, 0.25) is 0 Å². The van der Waals surface area contributed by atoms with Crippen LogP contribution in [0.15, 0.2) is 22.4 Å². The minimum absolute atomic E-state index is 0.738. The van der Waals surface area contributed by atoms with E-state index in [0.717, 1.165) is 21.8 Å². The van der Waals surface area contributed by atoms with E-state index in [1.165, 1.54) is 0 Å². The molecule has 0 unspecified atom stereocenters. The van der Waals surface area contributed by atoms with Gasteiger partial charge < -0.3 is 5.32 Å². The molecule has 6 heteroatoms. The van der Waals surface area contributed by atoms with E-state index in [0.29, 0.717) is 0 Å². The average Bonchev–Trinajstić information content (AvgIpc) is 2.77. The highest BCUT2D eigenvalue weighted by Gasteiger charge is 2.04. The van der Waals surface area contributed by atoms with Crippen molar-refractivity contribution in [3.8, 4) is 0 Å². The summed E-state index contributed by atoms with van der Waals surface area (Å²) >= 11 is 5.07. The molecule has 2 aromatic heterocycles. The number of aromatic nitrogens is 3. The Hall–Kier alpha value is -0.880. The van der Waals surface area contributed by atoms with Gasteiger partial charge in [0.25, 0.3) is 0 Å².